The minimum Gasteiger partial charge on any atom is -0.350 e. The quantitative estimate of drug-likeness (QED) is 0.866. The van der Waals surface area contributed by atoms with Gasteiger partial charge in [0.1, 0.15) is 12.3 Å². The maximum Gasteiger partial charge on any atom is 0.135 e. The Labute approximate surface area is 108 Å². The van der Waals surface area contributed by atoms with E-state index in [9.17, 15) is 0 Å². The number of hydrogen-bond acceptors (Lipinski definition) is 2. The Kier molecular flexibility index (Phi) is 3.13. The second-order valence-corrected chi connectivity index (χ2v) is 4.71. The van der Waals surface area contributed by atoms with Crippen LogP contribution in [0.15, 0.2) is 60.7 Å². The van der Waals surface area contributed by atoms with E-state index in [0.29, 0.717) is 6.04 Å². The van der Waals surface area contributed by atoms with Gasteiger partial charge in [0.25, 0.3) is 0 Å². The lowest BCUT2D eigenvalue weighted by molar-refractivity contribution is 0.0363. The number of hydrogen-bond donors (Lipinski definition) is 1. The number of rotatable bonds is 2. The predicted octanol–water partition coefficient (Wildman–Crippen LogP) is 3.43. The lowest BCUT2D eigenvalue weighted by atomic mass is 10.0. The summed E-state index contributed by atoms with van der Waals surface area (Å²) in [5, 5.41) is 3.50. The summed E-state index contributed by atoms with van der Waals surface area (Å²) in [6.07, 6.45) is 0.114. The zero-order valence-corrected chi connectivity index (χ0v) is 10.4. The van der Waals surface area contributed by atoms with E-state index in [4.69, 9.17) is 4.74 Å². The summed E-state index contributed by atoms with van der Waals surface area (Å²) in [6, 6.07) is 21.0. The van der Waals surface area contributed by atoms with Crippen molar-refractivity contribution in [2.24, 2.45) is 0 Å². The molecule has 0 unspecified atom stereocenters. The Bertz CT molecular complexity index is 497. The van der Waals surface area contributed by atoms with Gasteiger partial charge in [-0.1, -0.05) is 60.7 Å². The van der Waals surface area contributed by atoms with Gasteiger partial charge in [-0.25, -0.2) is 0 Å². The molecule has 3 atom stereocenters. The van der Waals surface area contributed by atoms with Crippen LogP contribution in [0.3, 0.4) is 0 Å². The zero-order valence-electron chi connectivity index (χ0n) is 10.4. The highest BCUT2D eigenvalue weighted by Gasteiger charge is 2.32. The van der Waals surface area contributed by atoms with Gasteiger partial charge >= 0.3 is 0 Å². The molecule has 1 N–H and O–H groups in total. The Balaban J connectivity index is 1.81. The van der Waals surface area contributed by atoms with Gasteiger partial charge in [0.2, 0.25) is 0 Å². The van der Waals surface area contributed by atoms with E-state index in [1.165, 1.54) is 11.1 Å². The molecule has 2 aromatic carbocycles. The van der Waals surface area contributed by atoms with Crippen molar-refractivity contribution in [1.82, 2.24) is 5.32 Å². The van der Waals surface area contributed by atoms with E-state index in [0.717, 1.165) is 0 Å². The molecule has 1 heterocycles. The summed E-state index contributed by atoms with van der Waals surface area (Å²) in [7, 11) is 0. The van der Waals surface area contributed by atoms with Crippen molar-refractivity contribution in [3.8, 4) is 0 Å². The van der Waals surface area contributed by atoms with Gasteiger partial charge < -0.3 is 4.74 Å². The van der Waals surface area contributed by atoms with Crippen molar-refractivity contribution in [2.75, 3.05) is 0 Å². The van der Waals surface area contributed by atoms with Gasteiger partial charge in [-0.3, -0.25) is 5.32 Å². The molecule has 2 aromatic rings. The second-order valence-electron chi connectivity index (χ2n) is 4.71. The standard InChI is InChI=1S/C16H17NO/c1-12-15(13-8-4-2-5-9-13)18-16(17-12)14-10-6-3-7-11-14/h2-12,15-17H,1H3/t12-,15+,16+/m1/s1. The van der Waals surface area contributed by atoms with Crippen LogP contribution in [0, 0.1) is 0 Å². The van der Waals surface area contributed by atoms with Crippen LogP contribution in [0.2, 0.25) is 0 Å². The van der Waals surface area contributed by atoms with Crippen molar-refractivity contribution in [3.05, 3.63) is 71.8 Å². The first-order valence-electron chi connectivity index (χ1n) is 6.36. The van der Waals surface area contributed by atoms with E-state index in [1.54, 1.807) is 0 Å². The summed E-state index contributed by atoms with van der Waals surface area (Å²) in [5.74, 6) is 0. The molecule has 1 saturated heterocycles. The summed E-state index contributed by atoms with van der Waals surface area (Å²) in [6.45, 7) is 2.17. The van der Waals surface area contributed by atoms with Crippen LogP contribution in [0.4, 0.5) is 0 Å². The molecule has 0 saturated carbocycles. The lowest BCUT2D eigenvalue weighted by Gasteiger charge is -2.14. The molecule has 1 fully saturated rings. The predicted molar refractivity (Wildman–Crippen MR) is 72.0 cm³/mol. The van der Waals surface area contributed by atoms with Gasteiger partial charge in [0, 0.05) is 6.04 Å². The minimum absolute atomic E-state index is 0.00796. The molecule has 18 heavy (non-hydrogen) atoms. The molecule has 0 aromatic heterocycles. The van der Waals surface area contributed by atoms with Crippen LogP contribution >= 0.6 is 0 Å². The SMILES string of the molecule is C[C@H]1N[C@H](c2ccccc2)O[C@@H]1c1ccccc1. The summed E-state index contributed by atoms with van der Waals surface area (Å²) in [4.78, 5) is 0. The Hall–Kier alpha value is -1.64. The third-order valence-corrected chi connectivity index (χ3v) is 3.38. The second kappa shape index (κ2) is 4.92. The van der Waals surface area contributed by atoms with Crippen molar-refractivity contribution in [1.29, 1.82) is 0 Å². The van der Waals surface area contributed by atoms with Gasteiger partial charge in [0.05, 0.1) is 0 Å². The Morgan fingerprint density at radius 1 is 0.833 bits per heavy atom. The molecule has 0 spiro atoms. The monoisotopic (exact) mass is 239 g/mol. The summed E-state index contributed by atoms with van der Waals surface area (Å²) < 4.78 is 6.13. The van der Waals surface area contributed by atoms with Crippen LogP contribution in [0.1, 0.15) is 30.4 Å². The molecule has 1 aliphatic heterocycles. The highest BCUT2D eigenvalue weighted by Crippen LogP contribution is 2.34. The van der Waals surface area contributed by atoms with Crippen molar-refractivity contribution in [2.45, 2.75) is 25.3 Å². The average molecular weight is 239 g/mol. The normalized spacial score (nSPS) is 27.3. The van der Waals surface area contributed by atoms with Crippen molar-refractivity contribution >= 4 is 0 Å². The van der Waals surface area contributed by atoms with Crippen LogP contribution < -0.4 is 5.32 Å². The molecule has 0 radical (unpaired) electrons. The first kappa shape index (κ1) is 11.5. The fourth-order valence-corrected chi connectivity index (χ4v) is 2.44. The fourth-order valence-electron chi connectivity index (χ4n) is 2.44. The first-order valence-corrected chi connectivity index (χ1v) is 6.36. The summed E-state index contributed by atoms with van der Waals surface area (Å²) >= 11 is 0. The van der Waals surface area contributed by atoms with Crippen molar-refractivity contribution in [3.63, 3.8) is 0 Å². The molecule has 0 aliphatic carbocycles. The average Bonchev–Trinajstić information content (AvgIpc) is 2.83. The van der Waals surface area contributed by atoms with E-state index < -0.39 is 0 Å². The smallest absolute Gasteiger partial charge is 0.135 e. The van der Waals surface area contributed by atoms with E-state index in [2.05, 4.69) is 48.6 Å². The molecule has 2 heteroatoms. The Morgan fingerprint density at radius 2 is 1.39 bits per heavy atom. The molecule has 0 amide bonds. The Morgan fingerprint density at radius 3 is 2.00 bits per heavy atom. The van der Waals surface area contributed by atoms with Gasteiger partial charge in [0.15, 0.2) is 0 Å². The van der Waals surface area contributed by atoms with Gasteiger partial charge in [-0.2, -0.15) is 0 Å². The van der Waals surface area contributed by atoms with Crippen LogP contribution in [-0.4, -0.2) is 6.04 Å². The minimum atomic E-state index is -0.00796. The zero-order chi connectivity index (χ0) is 12.4. The lowest BCUT2D eigenvalue weighted by Crippen LogP contribution is -2.23. The number of ether oxygens (including phenoxy) is 1. The topological polar surface area (TPSA) is 21.3 Å². The molecule has 1 aliphatic rings. The van der Waals surface area contributed by atoms with Gasteiger partial charge in [-0.15, -0.1) is 0 Å². The maximum absolute atomic E-state index is 6.13. The fraction of sp³-hybridized carbons (Fsp3) is 0.250. The molecular formula is C16H17NO. The largest absolute Gasteiger partial charge is 0.350 e. The van der Waals surface area contributed by atoms with Crippen LogP contribution in [0.25, 0.3) is 0 Å². The first-order chi connectivity index (χ1) is 8.84. The van der Waals surface area contributed by atoms with Crippen LogP contribution in [0.5, 0.6) is 0 Å². The number of benzene rings is 2. The van der Waals surface area contributed by atoms with E-state index in [-0.39, 0.29) is 12.3 Å². The van der Waals surface area contributed by atoms with Crippen LogP contribution in [-0.2, 0) is 4.74 Å². The van der Waals surface area contributed by atoms with Gasteiger partial charge in [-0.05, 0) is 18.1 Å². The van der Waals surface area contributed by atoms with E-state index in [1.807, 2.05) is 24.3 Å². The molecule has 2 nitrogen and oxygen atoms in total. The highest BCUT2D eigenvalue weighted by atomic mass is 16.5. The molecule has 92 valence electrons. The molecule has 0 bridgehead atoms. The maximum atomic E-state index is 6.13. The highest BCUT2D eigenvalue weighted by molar-refractivity contribution is 5.23. The summed E-state index contributed by atoms with van der Waals surface area (Å²) in [5.41, 5.74) is 2.42. The third kappa shape index (κ3) is 2.17. The number of nitrogens with one attached hydrogen (secondary N) is 1. The molecular weight excluding hydrogens is 222 g/mol. The van der Waals surface area contributed by atoms with E-state index >= 15 is 0 Å². The third-order valence-electron chi connectivity index (χ3n) is 3.38. The van der Waals surface area contributed by atoms with Crippen molar-refractivity contribution < 1.29 is 4.74 Å². The molecule has 3 rings (SSSR count).